The maximum absolute atomic E-state index is 5.12. The summed E-state index contributed by atoms with van der Waals surface area (Å²) in [6.45, 7) is 12.3. The van der Waals surface area contributed by atoms with E-state index in [9.17, 15) is 0 Å². The molecule has 2 heterocycles. The molecule has 23 heavy (non-hydrogen) atoms. The molecule has 0 bridgehead atoms. The lowest BCUT2D eigenvalue weighted by atomic mass is 10.2. The van der Waals surface area contributed by atoms with Gasteiger partial charge in [-0.1, -0.05) is 12.1 Å². The number of aliphatic imine (C=N–C) groups is 1. The number of thioether (sulfide) groups is 1. The first-order valence-electron chi connectivity index (χ1n) is 8.02. The Hall–Kier alpha value is -0.510. The Kier molecular flexibility index (Phi) is 8.66. The molecule has 1 aliphatic heterocycles. The Morgan fingerprint density at radius 2 is 2.22 bits per heavy atom. The fourth-order valence-corrected chi connectivity index (χ4v) is 3.53. The van der Waals surface area contributed by atoms with Gasteiger partial charge in [-0.25, -0.2) is 0 Å². The van der Waals surface area contributed by atoms with Gasteiger partial charge in [-0.15, -0.1) is 24.0 Å². The van der Waals surface area contributed by atoms with Crippen LogP contribution >= 0.6 is 35.7 Å². The molecule has 1 aromatic heterocycles. The van der Waals surface area contributed by atoms with Crippen LogP contribution in [0.25, 0.3) is 0 Å². The van der Waals surface area contributed by atoms with E-state index in [-0.39, 0.29) is 28.7 Å². The normalized spacial score (nSPS) is 17.7. The van der Waals surface area contributed by atoms with Crippen molar-refractivity contribution in [3.8, 4) is 0 Å². The van der Waals surface area contributed by atoms with Crippen LogP contribution in [0.5, 0.6) is 0 Å². The minimum atomic E-state index is 0. The third-order valence-electron chi connectivity index (χ3n) is 3.47. The summed E-state index contributed by atoms with van der Waals surface area (Å²) in [7, 11) is 0. The van der Waals surface area contributed by atoms with Crippen molar-refractivity contribution in [3.05, 3.63) is 11.7 Å². The third-order valence-corrected chi connectivity index (χ3v) is 4.77. The molecule has 6 nitrogen and oxygen atoms in total. The van der Waals surface area contributed by atoms with Gasteiger partial charge < -0.3 is 14.7 Å². The summed E-state index contributed by atoms with van der Waals surface area (Å²) in [5, 5.41) is 7.37. The van der Waals surface area contributed by atoms with E-state index in [1.54, 1.807) is 0 Å². The summed E-state index contributed by atoms with van der Waals surface area (Å²) < 4.78 is 5.40. The van der Waals surface area contributed by atoms with Crippen molar-refractivity contribution < 1.29 is 4.52 Å². The van der Waals surface area contributed by atoms with Gasteiger partial charge in [0.2, 0.25) is 5.89 Å². The highest BCUT2D eigenvalue weighted by atomic mass is 127. The lowest BCUT2D eigenvalue weighted by Crippen LogP contribution is -2.51. The number of hydrogen-bond acceptors (Lipinski definition) is 5. The minimum Gasteiger partial charge on any atom is -0.357 e. The molecule has 0 aliphatic carbocycles. The SMILES string of the molecule is CCNC(=NCCc1noc(CC)n1)N1CCSC(C)(C)C1.I. The summed E-state index contributed by atoms with van der Waals surface area (Å²) in [5.41, 5.74) is 0. The van der Waals surface area contributed by atoms with Gasteiger partial charge in [0.15, 0.2) is 11.8 Å². The van der Waals surface area contributed by atoms with Crippen molar-refractivity contribution in [2.45, 2.75) is 45.3 Å². The molecule has 0 atom stereocenters. The number of guanidine groups is 1. The summed E-state index contributed by atoms with van der Waals surface area (Å²) in [6.07, 6.45) is 1.49. The Morgan fingerprint density at radius 3 is 2.83 bits per heavy atom. The minimum absolute atomic E-state index is 0. The number of aryl methyl sites for hydroxylation is 1. The maximum Gasteiger partial charge on any atom is 0.226 e. The molecule has 132 valence electrons. The molecule has 1 aliphatic rings. The van der Waals surface area contributed by atoms with E-state index in [4.69, 9.17) is 9.52 Å². The number of nitrogens with one attached hydrogen (secondary N) is 1. The van der Waals surface area contributed by atoms with Crippen LogP contribution in [0.4, 0.5) is 0 Å². The van der Waals surface area contributed by atoms with Crippen molar-refractivity contribution in [2.24, 2.45) is 4.99 Å². The first kappa shape index (κ1) is 20.5. The molecule has 1 N–H and O–H groups in total. The zero-order valence-electron chi connectivity index (χ0n) is 14.5. The molecule has 1 fully saturated rings. The third kappa shape index (κ3) is 6.48. The topological polar surface area (TPSA) is 66.5 Å². The van der Waals surface area contributed by atoms with E-state index in [2.05, 4.69) is 41.1 Å². The van der Waals surface area contributed by atoms with Crippen molar-refractivity contribution in [3.63, 3.8) is 0 Å². The number of nitrogens with zero attached hydrogens (tertiary/aromatic N) is 4. The zero-order chi connectivity index (χ0) is 16.0. The Labute approximate surface area is 160 Å². The molecule has 2 rings (SSSR count). The van der Waals surface area contributed by atoms with Gasteiger partial charge in [-0.05, 0) is 20.8 Å². The summed E-state index contributed by atoms with van der Waals surface area (Å²) in [5.74, 6) is 3.57. The lowest BCUT2D eigenvalue weighted by molar-refractivity contribution is 0.374. The van der Waals surface area contributed by atoms with Crippen molar-refractivity contribution in [2.75, 3.05) is 31.9 Å². The standard InChI is InChI=1S/C15H27N5OS.HI/c1-5-13-18-12(19-21-13)7-8-17-14(16-6-2)20-9-10-22-15(3,4)11-20;/h5-11H2,1-4H3,(H,16,17);1H. The summed E-state index contributed by atoms with van der Waals surface area (Å²) >= 11 is 2.03. The van der Waals surface area contributed by atoms with Gasteiger partial charge in [0.1, 0.15) is 0 Å². The molecule has 0 radical (unpaired) electrons. The van der Waals surface area contributed by atoms with Gasteiger partial charge in [-0.3, -0.25) is 4.99 Å². The number of aromatic nitrogens is 2. The molecule has 1 aromatic rings. The van der Waals surface area contributed by atoms with Crippen molar-refractivity contribution in [1.29, 1.82) is 0 Å². The van der Waals surface area contributed by atoms with Crippen LogP contribution in [0.15, 0.2) is 9.52 Å². The molecule has 1 saturated heterocycles. The molecule has 0 amide bonds. The largest absolute Gasteiger partial charge is 0.357 e. The molecule has 0 unspecified atom stereocenters. The van der Waals surface area contributed by atoms with E-state index in [0.29, 0.717) is 18.9 Å². The average molecular weight is 453 g/mol. The fraction of sp³-hybridized carbons (Fsp3) is 0.800. The summed E-state index contributed by atoms with van der Waals surface area (Å²) in [6, 6.07) is 0. The molecule has 0 aromatic carbocycles. The van der Waals surface area contributed by atoms with Gasteiger partial charge in [-0.2, -0.15) is 16.7 Å². The van der Waals surface area contributed by atoms with Crippen LogP contribution < -0.4 is 5.32 Å². The Balaban J connectivity index is 0.00000264. The lowest BCUT2D eigenvalue weighted by Gasteiger charge is -2.39. The zero-order valence-corrected chi connectivity index (χ0v) is 17.6. The van der Waals surface area contributed by atoms with E-state index >= 15 is 0 Å². The summed E-state index contributed by atoms with van der Waals surface area (Å²) in [4.78, 5) is 11.4. The van der Waals surface area contributed by atoms with Crippen LogP contribution in [0.3, 0.4) is 0 Å². The molecular formula is C15H28IN5OS. The smallest absolute Gasteiger partial charge is 0.226 e. The van der Waals surface area contributed by atoms with Crippen LogP contribution in [0.1, 0.15) is 39.4 Å². The number of rotatable bonds is 5. The van der Waals surface area contributed by atoms with Crippen LogP contribution in [0.2, 0.25) is 0 Å². The molecular weight excluding hydrogens is 425 g/mol. The van der Waals surface area contributed by atoms with Gasteiger partial charge in [0.05, 0.1) is 0 Å². The monoisotopic (exact) mass is 453 g/mol. The highest BCUT2D eigenvalue weighted by Crippen LogP contribution is 2.29. The van der Waals surface area contributed by atoms with Crippen molar-refractivity contribution >= 4 is 41.7 Å². The Bertz CT molecular complexity index is 506. The number of hydrogen-bond donors (Lipinski definition) is 1. The Morgan fingerprint density at radius 1 is 1.43 bits per heavy atom. The second-order valence-electron chi connectivity index (χ2n) is 5.97. The fourth-order valence-electron chi connectivity index (χ4n) is 2.42. The predicted molar refractivity (Wildman–Crippen MR) is 107 cm³/mol. The number of halogens is 1. The van der Waals surface area contributed by atoms with Crippen LogP contribution in [-0.4, -0.2) is 57.7 Å². The quantitative estimate of drug-likeness (QED) is 0.420. The van der Waals surface area contributed by atoms with Gasteiger partial charge >= 0.3 is 0 Å². The molecule has 0 saturated carbocycles. The highest BCUT2D eigenvalue weighted by Gasteiger charge is 2.28. The first-order valence-corrected chi connectivity index (χ1v) is 9.01. The van der Waals surface area contributed by atoms with E-state index < -0.39 is 0 Å². The highest BCUT2D eigenvalue weighted by molar-refractivity contribution is 14.0. The van der Waals surface area contributed by atoms with E-state index in [0.717, 1.165) is 43.6 Å². The van der Waals surface area contributed by atoms with E-state index in [1.807, 2.05) is 18.7 Å². The van der Waals surface area contributed by atoms with Crippen LogP contribution in [0, 0.1) is 0 Å². The van der Waals surface area contributed by atoms with Crippen molar-refractivity contribution in [1.82, 2.24) is 20.4 Å². The molecule has 0 spiro atoms. The average Bonchev–Trinajstić information content (AvgIpc) is 2.93. The van der Waals surface area contributed by atoms with Gasteiger partial charge in [0.25, 0.3) is 0 Å². The molecule has 8 heteroatoms. The van der Waals surface area contributed by atoms with Gasteiger partial charge in [0, 0.05) is 49.5 Å². The predicted octanol–water partition coefficient (Wildman–Crippen LogP) is 2.59. The van der Waals surface area contributed by atoms with Crippen LogP contribution in [-0.2, 0) is 12.8 Å². The maximum atomic E-state index is 5.12. The first-order chi connectivity index (χ1) is 10.5. The second kappa shape index (κ2) is 9.71. The van der Waals surface area contributed by atoms with E-state index in [1.165, 1.54) is 0 Å². The second-order valence-corrected chi connectivity index (χ2v) is 7.78.